The highest BCUT2D eigenvalue weighted by atomic mass is 79.9. The van der Waals surface area contributed by atoms with E-state index >= 15 is 0 Å². The van der Waals surface area contributed by atoms with Gasteiger partial charge >= 0.3 is 0 Å². The molecule has 0 aromatic heterocycles. The van der Waals surface area contributed by atoms with E-state index < -0.39 is 8.32 Å². The molecule has 0 aliphatic heterocycles. The molecule has 0 aliphatic carbocycles. The monoisotopic (exact) mass is 482 g/mol. The third-order valence-corrected chi connectivity index (χ3v) is 9.89. The molecule has 5 heteroatoms. The first-order chi connectivity index (χ1) is 11.4. The Kier molecular flexibility index (Phi) is 6.02. The predicted molar refractivity (Wildman–Crippen MR) is 114 cm³/mol. The molecule has 0 radical (unpaired) electrons. The molecule has 0 bridgehead atoms. The van der Waals surface area contributed by atoms with Gasteiger partial charge in [0.1, 0.15) is 5.75 Å². The fourth-order valence-corrected chi connectivity index (χ4v) is 4.33. The largest absolute Gasteiger partial charge is 0.543 e. The molecule has 0 amide bonds. The van der Waals surface area contributed by atoms with Crippen molar-refractivity contribution in [2.45, 2.75) is 45.8 Å². The molecule has 25 heavy (non-hydrogen) atoms. The van der Waals surface area contributed by atoms with E-state index in [1.165, 1.54) is 0 Å². The second-order valence-corrected chi connectivity index (χ2v) is 14.4. The highest BCUT2D eigenvalue weighted by molar-refractivity contribution is 9.10. The zero-order valence-corrected chi connectivity index (χ0v) is 19.7. The van der Waals surface area contributed by atoms with E-state index in [-0.39, 0.29) is 10.8 Å². The van der Waals surface area contributed by atoms with E-state index in [4.69, 9.17) is 4.43 Å². The van der Waals surface area contributed by atoms with Crippen LogP contribution in [0.2, 0.25) is 18.1 Å². The minimum atomic E-state index is -1.96. The summed E-state index contributed by atoms with van der Waals surface area (Å²) in [4.78, 5) is 12.9. The van der Waals surface area contributed by atoms with Crippen molar-refractivity contribution in [2.24, 2.45) is 0 Å². The zero-order chi connectivity index (χ0) is 19.0. The second-order valence-electron chi connectivity index (χ2n) is 7.88. The van der Waals surface area contributed by atoms with Crippen LogP contribution in [0.5, 0.6) is 5.75 Å². The lowest BCUT2D eigenvalue weighted by Crippen LogP contribution is -2.43. The Hall–Kier alpha value is -0.913. The molecule has 2 nitrogen and oxygen atoms in total. The van der Waals surface area contributed by atoms with Crippen molar-refractivity contribution in [1.29, 1.82) is 0 Å². The SMILES string of the molecule is Cc1cc(Br)cc(C(=O)c2cc(Br)cc(O[Si](C)(C)C(C)(C)C)c2)c1. The fourth-order valence-electron chi connectivity index (χ4n) is 2.23. The normalized spacial score (nSPS) is 12.2. The Morgan fingerprint density at radius 1 is 0.920 bits per heavy atom. The van der Waals surface area contributed by atoms with E-state index in [9.17, 15) is 4.79 Å². The maximum atomic E-state index is 12.9. The minimum Gasteiger partial charge on any atom is -0.543 e. The average molecular weight is 484 g/mol. The summed E-state index contributed by atoms with van der Waals surface area (Å²) >= 11 is 6.98. The smallest absolute Gasteiger partial charge is 0.250 e. The minimum absolute atomic E-state index is 0.00854. The van der Waals surface area contributed by atoms with Gasteiger partial charge in [-0.1, -0.05) is 52.6 Å². The summed E-state index contributed by atoms with van der Waals surface area (Å²) in [5.74, 6) is 0.738. The molecule has 0 spiro atoms. The number of hydrogen-bond acceptors (Lipinski definition) is 2. The molecule has 0 saturated heterocycles. The zero-order valence-electron chi connectivity index (χ0n) is 15.5. The summed E-state index contributed by atoms with van der Waals surface area (Å²) in [6.45, 7) is 13.0. The van der Waals surface area contributed by atoms with Gasteiger partial charge in [0.2, 0.25) is 8.32 Å². The Morgan fingerprint density at radius 3 is 1.96 bits per heavy atom. The predicted octanol–water partition coefficient (Wildman–Crippen LogP) is 7.14. The summed E-state index contributed by atoms with van der Waals surface area (Å²) < 4.78 is 8.12. The molecular weight excluding hydrogens is 460 g/mol. The molecule has 134 valence electrons. The van der Waals surface area contributed by atoms with Crippen LogP contribution in [0.3, 0.4) is 0 Å². The lowest BCUT2D eigenvalue weighted by molar-refractivity contribution is 0.103. The van der Waals surface area contributed by atoms with Crippen LogP contribution in [0.4, 0.5) is 0 Å². The van der Waals surface area contributed by atoms with Crippen molar-refractivity contribution in [2.75, 3.05) is 0 Å². The maximum Gasteiger partial charge on any atom is 0.250 e. The Labute approximate surface area is 168 Å². The molecule has 0 saturated carbocycles. The number of benzene rings is 2. The van der Waals surface area contributed by atoms with Crippen LogP contribution in [0.25, 0.3) is 0 Å². The van der Waals surface area contributed by atoms with Gasteiger partial charge in [-0.15, -0.1) is 0 Å². The molecule has 0 fully saturated rings. The van der Waals surface area contributed by atoms with Crippen molar-refractivity contribution < 1.29 is 9.22 Å². The quantitative estimate of drug-likeness (QED) is 0.341. The van der Waals surface area contributed by atoms with E-state index in [1.54, 1.807) is 0 Å². The second kappa shape index (κ2) is 7.37. The van der Waals surface area contributed by atoms with Crippen molar-refractivity contribution >= 4 is 46.0 Å². The number of rotatable bonds is 4. The van der Waals surface area contributed by atoms with Crippen molar-refractivity contribution in [3.63, 3.8) is 0 Å². The van der Waals surface area contributed by atoms with E-state index in [0.717, 1.165) is 20.3 Å². The lowest BCUT2D eigenvalue weighted by Gasteiger charge is -2.36. The number of halogens is 2. The van der Waals surface area contributed by atoms with Gasteiger partial charge in [0.25, 0.3) is 0 Å². The highest BCUT2D eigenvalue weighted by Gasteiger charge is 2.39. The van der Waals surface area contributed by atoms with Crippen LogP contribution < -0.4 is 4.43 Å². The van der Waals surface area contributed by atoms with E-state index in [2.05, 4.69) is 65.7 Å². The molecule has 2 aromatic carbocycles. The number of aryl methyl sites for hydroxylation is 1. The highest BCUT2D eigenvalue weighted by Crippen LogP contribution is 2.38. The maximum absolute atomic E-state index is 12.9. The number of carbonyl (C=O) groups excluding carboxylic acids is 1. The van der Waals surface area contributed by atoms with Gasteiger partial charge in [-0.2, -0.15) is 0 Å². The summed E-state index contributed by atoms with van der Waals surface area (Å²) in [5, 5.41) is 0.0981. The molecular formula is C20H24Br2O2Si. The summed E-state index contributed by atoms with van der Waals surface area (Å²) in [7, 11) is -1.96. The Balaban J connectivity index is 2.40. The molecule has 0 unspecified atom stereocenters. The first-order valence-electron chi connectivity index (χ1n) is 8.20. The molecule has 2 rings (SSSR count). The summed E-state index contributed by atoms with van der Waals surface area (Å²) in [6, 6.07) is 11.4. The molecule has 0 aliphatic rings. The first kappa shape index (κ1) is 20.4. The number of hydrogen-bond donors (Lipinski definition) is 0. The van der Waals surface area contributed by atoms with Gasteiger partial charge in [-0.25, -0.2) is 0 Å². The van der Waals surface area contributed by atoms with Crippen molar-refractivity contribution in [3.8, 4) is 5.75 Å². The van der Waals surface area contributed by atoms with Gasteiger partial charge in [-0.05, 0) is 67.0 Å². The Bertz CT molecular complexity index is 788. The van der Waals surface area contributed by atoms with Gasteiger partial charge in [0.15, 0.2) is 5.78 Å². The third kappa shape index (κ3) is 5.05. The van der Waals surface area contributed by atoms with Gasteiger partial charge in [0, 0.05) is 20.1 Å². The number of carbonyl (C=O) groups is 1. The van der Waals surface area contributed by atoms with Crippen LogP contribution >= 0.6 is 31.9 Å². The first-order valence-corrected chi connectivity index (χ1v) is 12.7. The average Bonchev–Trinajstić information content (AvgIpc) is 2.43. The van der Waals surface area contributed by atoms with Crippen LogP contribution in [0, 0.1) is 6.92 Å². The van der Waals surface area contributed by atoms with Crippen LogP contribution in [-0.2, 0) is 0 Å². The van der Waals surface area contributed by atoms with Gasteiger partial charge in [0.05, 0.1) is 0 Å². The lowest BCUT2D eigenvalue weighted by atomic mass is 10.0. The summed E-state index contributed by atoms with van der Waals surface area (Å²) in [6.07, 6.45) is 0. The van der Waals surface area contributed by atoms with Gasteiger partial charge < -0.3 is 4.43 Å². The van der Waals surface area contributed by atoms with E-state index in [1.807, 2.05) is 43.3 Å². The molecule has 0 heterocycles. The topological polar surface area (TPSA) is 26.3 Å². The number of ketones is 1. The van der Waals surface area contributed by atoms with Gasteiger partial charge in [-0.3, -0.25) is 4.79 Å². The molecule has 2 aromatic rings. The van der Waals surface area contributed by atoms with Crippen molar-refractivity contribution in [1.82, 2.24) is 0 Å². The van der Waals surface area contributed by atoms with Crippen LogP contribution in [0.15, 0.2) is 45.3 Å². The third-order valence-electron chi connectivity index (χ3n) is 4.62. The fraction of sp³-hybridized carbons (Fsp3) is 0.350. The molecule has 0 N–H and O–H groups in total. The van der Waals surface area contributed by atoms with E-state index in [0.29, 0.717) is 11.1 Å². The van der Waals surface area contributed by atoms with Crippen molar-refractivity contribution in [3.05, 3.63) is 62.0 Å². The Morgan fingerprint density at radius 2 is 1.44 bits per heavy atom. The van der Waals surface area contributed by atoms with Crippen LogP contribution in [-0.4, -0.2) is 14.1 Å². The van der Waals surface area contributed by atoms with Crippen LogP contribution in [0.1, 0.15) is 42.3 Å². The molecule has 0 atom stereocenters. The summed E-state index contributed by atoms with van der Waals surface area (Å²) in [5.41, 5.74) is 2.34. The standard InChI is InChI=1S/C20H24Br2O2Si/c1-13-7-14(9-16(21)8-13)19(23)15-10-17(22)12-18(11-15)24-25(5,6)20(2,3)4/h7-12H,1-6H3.